The highest BCUT2D eigenvalue weighted by Crippen LogP contribution is 2.20. The lowest BCUT2D eigenvalue weighted by Crippen LogP contribution is -2.46. The van der Waals surface area contributed by atoms with Crippen molar-refractivity contribution >= 4 is 15.9 Å². The van der Waals surface area contributed by atoms with Gasteiger partial charge < -0.3 is 4.90 Å². The number of nitrogens with zero attached hydrogens (tertiary/aromatic N) is 3. The van der Waals surface area contributed by atoms with Gasteiger partial charge in [-0.05, 0) is 39.2 Å². The summed E-state index contributed by atoms with van der Waals surface area (Å²) in [6.07, 6.45) is 4.36. The molecule has 0 radical (unpaired) electrons. The van der Waals surface area contributed by atoms with E-state index in [0.717, 1.165) is 43.5 Å². The smallest absolute Gasteiger partial charge is 0.224 e. The van der Waals surface area contributed by atoms with Gasteiger partial charge in [0.05, 0.1) is 24.5 Å². The lowest BCUT2D eigenvalue weighted by molar-refractivity contribution is -0.135. The normalized spacial score (nSPS) is 19.1. The van der Waals surface area contributed by atoms with Crippen LogP contribution in [0.2, 0.25) is 0 Å². The number of sulfonamides is 1. The van der Waals surface area contributed by atoms with Crippen LogP contribution in [-0.2, 0) is 21.4 Å². The average molecular weight is 342 g/mol. The fourth-order valence-corrected chi connectivity index (χ4v) is 3.54. The van der Waals surface area contributed by atoms with E-state index in [1.165, 1.54) is 0 Å². The van der Waals surface area contributed by atoms with E-state index in [1.54, 1.807) is 0 Å². The van der Waals surface area contributed by atoms with Gasteiger partial charge in [0, 0.05) is 25.2 Å². The van der Waals surface area contributed by atoms with Crippen molar-refractivity contribution in [2.45, 2.75) is 52.1 Å². The molecular formula is C15H26N4O3S. The summed E-state index contributed by atoms with van der Waals surface area (Å²) in [6.45, 7) is 5.57. The molecular weight excluding hydrogens is 316 g/mol. The quantitative estimate of drug-likeness (QED) is 0.829. The second-order valence-corrected chi connectivity index (χ2v) is 8.10. The van der Waals surface area contributed by atoms with Crippen LogP contribution in [0.4, 0.5) is 0 Å². The van der Waals surface area contributed by atoms with Gasteiger partial charge in [-0.1, -0.05) is 0 Å². The maximum atomic E-state index is 12.4. The minimum atomic E-state index is -3.25. The van der Waals surface area contributed by atoms with Crippen LogP contribution in [0.3, 0.4) is 0 Å². The molecule has 7 nitrogen and oxygen atoms in total. The van der Waals surface area contributed by atoms with Gasteiger partial charge in [-0.2, -0.15) is 5.10 Å². The SMILES string of the molecule is Cc1cc(C)n(C[C@@H]2CCCCN2C(=O)CCNS(C)(=O)=O)n1. The molecule has 23 heavy (non-hydrogen) atoms. The summed E-state index contributed by atoms with van der Waals surface area (Å²) < 4.78 is 26.5. The average Bonchev–Trinajstić information content (AvgIpc) is 2.76. The van der Waals surface area contributed by atoms with E-state index >= 15 is 0 Å². The van der Waals surface area contributed by atoms with Crippen LogP contribution >= 0.6 is 0 Å². The van der Waals surface area contributed by atoms with Crippen molar-refractivity contribution < 1.29 is 13.2 Å². The molecule has 0 bridgehead atoms. The first kappa shape index (κ1) is 17.9. The fraction of sp³-hybridized carbons (Fsp3) is 0.733. The van der Waals surface area contributed by atoms with Gasteiger partial charge in [-0.25, -0.2) is 13.1 Å². The molecule has 2 rings (SSSR count). The zero-order chi connectivity index (χ0) is 17.0. The Balaban J connectivity index is 1.97. The van der Waals surface area contributed by atoms with E-state index in [-0.39, 0.29) is 24.9 Å². The molecule has 8 heteroatoms. The molecule has 0 aromatic carbocycles. The van der Waals surface area contributed by atoms with Crippen molar-refractivity contribution in [3.05, 3.63) is 17.5 Å². The van der Waals surface area contributed by atoms with Crippen LogP contribution < -0.4 is 4.72 Å². The Kier molecular flexibility index (Phi) is 5.80. The van der Waals surface area contributed by atoms with Crippen LogP contribution in [0, 0.1) is 13.8 Å². The molecule has 1 atom stereocenters. The fourth-order valence-electron chi connectivity index (χ4n) is 3.07. The second kappa shape index (κ2) is 7.44. The van der Waals surface area contributed by atoms with Gasteiger partial charge >= 0.3 is 0 Å². The first-order chi connectivity index (χ1) is 10.8. The molecule has 0 spiro atoms. The van der Waals surface area contributed by atoms with Gasteiger partial charge in [0.1, 0.15) is 0 Å². The molecule has 2 heterocycles. The summed E-state index contributed by atoms with van der Waals surface area (Å²) in [5.74, 6) is 0.00683. The third kappa shape index (κ3) is 5.31. The summed E-state index contributed by atoms with van der Waals surface area (Å²) in [5, 5.41) is 4.48. The van der Waals surface area contributed by atoms with Gasteiger partial charge in [-0.15, -0.1) is 0 Å². The van der Waals surface area contributed by atoms with Crippen molar-refractivity contribution in [2.75, 3.05) is 19.3 Å². The largest absolute Gasteiger partial charge is 0.338 e. The number of amides is 1. The first-order valence-corrected chi connectivity index (χ1v) is 9.90. The zero-order valence-corrected chi connectivity index (χ0v) is 14.9. The number of aryl methyl sites for hydroxylation is 2. The van der Waals surface area contributed by atoms with Crippen molar-refractivity contribution in [1.82, 2.24) is 19.4 Å². The summed E-state index contributed by atoms with van der Waals surface area (Å²) in [4.78, 5) is 14.3. The predicted octanol–water partition coefficient (Wildman–Crippen LogP) is 0.820. The lowest BCUT2D eigenvalue weighted by Gasteiger charge is -2.36. The Morgan fingerprint density at radius 3 is 2.74 bits per heavy atom. The minimum Gasteiger partial charge on any atom is -0.338 e. The van der Waals surface area contributed by atoms with E-state index in [0.29, 0.717) is 6.54 Å². The molecule has 1 aliphatic rings. The molecule has 1 saturated heterocycles. The van der Waals surface area contributed by atoms with Crippen molar-refractivity contribution in [3.8, 4) is 0 Å². The second-order valence-electron chi connectivity index (χ2n) is 6.26. The molecule has 130 valence electrons. The summed E-state index contributed by atoms with van der Waals surface area (Å²) >= 11 is 0. The molecule has 0 aliphatic carbocycles. The summed E-state index contributed by atoms with van der Waals surface area (Å²) in [5.41, 5.74) is 2.08. The van der Waals surface area contributed by atoms with Gasteiger partial charge in [0.2, 0.25) is 15.9 Å². The number of nitrogens with one attached hydrogen (secondary N) is 1. The van der Waals surface area contributed by atoms with E-state index in [4.69, 9.17) is 0 Å². The zero-order valence-electron chi connectivity index (χ0n) is 14.1. The molecule has 0 unspecified atom stereocenters. The number of carbonyl (C=O) groups excluding carboxylic acids is 1. The van der Waals surface area contributed by atoms with Crippen LogP contribution in [0.15, 0.2) is 6.07 Å². The maximum absolute atomic E-state index is 12.4. The molecule has 1 N–H and O–H groups in total. The van der Waals surface area contributed by atoms with E-state index in [1.807, 2.05) is 29.5 Å². The molecule has 1 aliphatic heterocycles. The Morgan fingerprint density at radius 2 is 2.13 bits per heavy atom. The molecule has 1 aromatic rings. The van der Waals surface area contributed by atoms with E-state index in [9.17, 15) is 13.2 Å². The molecule has 1 fully saturated rings. The topological polar surface area (TPSA) is 84.3 Å². The Labute approximate surface area is 138 Å². The van der Waals surface area contributed by atoms with Crippen LogP contribution in [0.1, 0.15) is 37.1 Å². The van der Waals surface area contributed by atoms with Crippen LogP contribution in [-0.4, -0.2) is 54.4 Å². The van der Waals surface area contributed by atoms with E-state index < -0.39 is 10.0 Å². The highest BCUT2D eigenvalue weighted by molar-refractivity contribution is 7.88. The highest BCUT2D eigenvalue weighted by Gasteiger charge is 2.27. The number of aromatic nitrogens is 2. The van der Waals surface area contributed by atoms with Crippen LogP contribution in [0.25, 0.3) is 0 Å². The third-order valence-electron chi connectivity index (χ3n) is 4.14. The number of likely N-dealkylation sites (tertiary alicyclic amines) is 1. The molecule has 1 aromatic heterocycles. The molecule has 1 amide bonds. The first-order valence-electron chi connectivity index (χ1n) is 8.01. The summed E-state index contributed by atoms with van der Waals surface area (Å²) in [7, 11) is -3.25. The highest BCUT2D eigenvalue weighted by atomic mass is 32.2. The number of hydrogen-bond acceptors (Lipinski definition) is 4. The van der Waals surface area contributed by atoms with Crippen molar-refractivity contribution in [1.29, 1.82) is 0 Å². The number of rotatable bonds is 6. The summed E-state index contributed by atoms with van der Waals surface area (Å²) in [6, 6.07) is 2.16. The monoisotopic (exact) mass is 342 g/mol. The standard InChI is InChI=1S/C15H26N4O3S/c1-12-10-13(2)19(17-12)11-14-6-4-5-9-18(14)15(20)7-8-16-23(3,21)22/h10,14,16H,4-9,11H2,1-3H3/t14-/m0/s1. The Morgan fingerprint density at radius 1 is 1.39 bits per heavy atom. The predicted molar refractivity (Wildman–Crippen MR) is 88.5 cm³/mol. The Hall–Kier alpha value is -1.41. The maximum Gasteiger partial charge on any atom is 0.224 e. The third-order valence-corrected chi connectivity index (χ3v) is 4.87. The number of piperidine rings is 1. The van der Waals surface area contributed by atoms with Crippen molar-refractivity contribution in [2.24, 2.45) is 0 Å². The minimum absolute atomic E-state index is 0.00683. The number of hydrogen-bond donors (Lipinski definition) is 1. The van der Waals surface area contributed by atoms with E-state index in [2.05, 4.69) is 9.82 Å². The Bertz CT molecular complexity index is 654. The van der Waals surface area contributed by atoms with Gasteiger partial charge in [0.15, 0.2) is 0 Å². The van der Waals surface area contributed by atoms with Gasteiger partial charge in [0.25, 0.3) is 0 Å². The van der Waals surface area contributed by atoms with Crippen LogP contribution in [0.5, 0.6) is 0 Å². The van der Waals surface area contributed by atoms with Crippen molar-refractivity contribution in [3.63, 3.8) is 0 Å². The lowest BCUT2D eigenvalue weighted by atomic mass is 10.0. The molecule has 0 saturated carbocycles. The van der Waals surface area contributed by atoms with Gasteiger partial charge in [-0.3, -0.25) is 9.48 Å². The number of carbonyl (C=O) groups is 1.